The van der Waals surface area contributed by atoms with Crippen LogP contribution in [0.4, 0.5) is 0 Å². The van der Waals surface area contributed by atoms with Gasteiger partial charge in [-0.3, -0.25) is 0 Å². The first-order valence-corrected chi connectivity index (χ1v) is 5.19. The van der Waals surface area contributed by atoms with Crippen molar-refractivity contribution in [2.24, 2.45) is 0 Å². The summed E-state index contributed by atoms with van der Waals surface area (Å²) in [6.45, 7) is 4.40. The zero-order valence-electron chi connectivity index (χ0n) is 8.18. The smallest absolute Gasteiger partial charge is 0.108 e. The molecule has 1 fully saturated rings. The Kier molecular flexibility index (Phi) is 2.69. The molecule has 0 amide bonds. The Balaban J connectivity index is 2.03. The maximum absolute atomic E-state index is 5.77. The topological polar surface area (TPSA) is 25.2 Å². The Morgan fingerprint density at radius 1 is 1.54 bits per heavy atom. The Labute approximate surface area is 79.3 Å². The lowest BCUT2D eigenvalue weighted by Crippen LogP contribution is -2.07. The highest BCUT2D eigenvalue weighted by Gasteiger charge is 2.19. The molecule has 0 aromatic carbocycles. The average molecular weight is 179 g/mol. The molecule has 2 heteroatoms. The minimum Gasteiger partial charge on any atom is -0.466 e. The molecule has 1 aromatic heterocycles. The van der Waals surface area contributed by atoms with Crippen molar-refractivity contribution in [2.45, 2.75) is 32.1 Å². The number of rotatable bonds is 3. The normalized spacial score (nSPS) is 22.4. The molecule has 1 N–H and O–H groups in total. The summed E-state index contributed by atoms with van der Waals surface area (Å²) in [5, 5.41) is 3.35. The fraction of sp³-hybridized carbons (Fsp3) is 0.636. The first kappa shape index (κ1) is 8.82. The van der Waals surface area contributed by atoms with E-state index >= 15 is 0 Å². The van der Waals surface area contributed by atoms with Gasteiger partial charge in [0.15, 0.2) is 0 Å². The van der Waals surface area contributed by atoms with Crippen LogP contribution in [0.1, 0.15) is 37.2 Å². The summed E-state index contributed by atoms with van der Waals surface area (Å²) in [5.41, 5.74) is 0. The summed E-state index contributed by atoms with van der Waals surface area (Å²) < 4.78 is 5.77. The Hall–Kier alpha value is -0.760. The second kappa shape index (κ2) is 3.97. The number of nitrogens with one attached hydrogen (secondary N) is 1. The van der Waals surface area contributed by atoms with E-state index in [-0.39, 0.29) is 0 Å². The number of furan rings is 1. The van der Waals surface area contributed by atoms with Crippen LogP contribution in [0.2, 0.25) is 0 Å². The van der Waals surface area contributed by atoms with Crippen LogP contribution in [0, 0.1) is 0 Å². The summed E-state index contributed by atoms with van der Waals surface area (Å²) in [6, 6.07) is 4.26. The van der Waals surface area contributed by atoms with Crippen LogP contribution in [0.5, 0.6) is 0 Å². The van der Waals surface area contributed by atoms with Gasteiger partial charge in [0.1, 0.15) is 11.5 Å². The van der Waals surface area contributed by atoms with E-state index in [0.717, 1.165) is 31.7 Å². The minimum atomic E-state index is 0.616. The molecule has 2 rings (SSSR count). The van der Waals surface area contributed by atoms with Crippen molar-refractivity contribution >= 4 is 0 Å². The highest BCUT2D eigenvalue weighted by atomic mass is 16.3. The summed E-state index contributed by atoms with van der Waals surface area (Å²) in [6.07, 6.45) is 3.45. The average Bonchev–Trinajstić information content (AvgIpc) is 2.70. The molecule has 1 saturated heterocycles. The third kappa shape index (κ3) is 1.94. The second-order valence-electron chi connectivity index (χ2n) is 3.74. The van der Waals surface area contributed by atoms with Gasteiger partial charge in [-0.25, -0.2) is 0 Å². The van der Waals surface area contributed by atoms with Gasteiger partial charge in [0.2, 0.25) is 0 Å². The van der Waals surface area contributed by atoms with Gasteiger partial charge in [0.05, 0.1) is 0 Å². The van der Waals surface area contributed by atoms with Crippen LogP contribution in [0.15, 0.2) is 16.5 Å². The van der Waals surface area contributed by atoms with Crippen LogP contribution in [0.3, 0.4) is 0 Å². The van der Waals surface area contributed by atoms with Crippen molar-refractivity contribution in [3.05, 3.63) is 23.7 Å². The van der Waals surface area contributed by atoms with Crippen LogP contribution >= 0.6 is 0 Å². The third-order valence-corrected chi connectivity index (χ3v) is 2.64. The van der Waals surface area contributed by atoms with E-state index in [1.807, 2.05) is 0 Å². The number of hydrogen-bond acceptors (Lipinski definition) is 2. The van der Waals surface area contributed by atoms with Gasteiger partial charge in [0, 0.05) is 18.9 Å². The SMILES string of the molecule is CCCc1ccc(C2CCNC2)o1. The van der Waals surface area contributed by atoms with Crippen LogP contribution in [0.25, 0.3) is 0 Å². The fourth-order valence-corrected chi connectivity index (χ4v) is 1.89. The van der Waals surface area contributed by atoms with Gasteiger partial charge in [-0.1, -0.05) is 6.92 Å². The molecule has 13 heavy (non-hydrogen) atoms. The maximum atomic E-state index is 5.77. The van der Waals surface area contributed by atoms with Crippen LogP contribution in [-0.4, -0.2) is 13.1 Å². The molecular weight excluding hydrogens is 162 g/mol. The lowest BCUT2D eigenvalue weighted by atomic mass is 10.1. The standard InChI is InChI=1S/C11H17NO/c1-2-3-10-4-5-11(13-10)9-6-7-12-8-9/h4-5,9,12H,2-3,6-8H2,1H3. The maximum Gasteiger partial charge on any atom is 0.108 e. The first-order valence-electron chi connectivity index (χ1n) is 5.19. The van der Waals surface area contributed by atoms with Crippen LogP contribution in [-0.2, 0) is 6.42 Å². The Bertz CT molecular complexity index is 261. The predicted octanol–water partition coefficient (Wildman–Crippen LogP) is 2.31. The van der Waals surface area contributed by atoms with Gasteiger partial charge in [0.25, 0.3) is 0 Å². The van der Waals surface area contributed by atoms with Crippen molar-refractivity contribution in [2.75, 3.05) is 13.1 Å². The summed E-state index contributed by atoms with van der Waals surface area (Å²) >= 11 is 0. The minimum absolute atomic E-state index is 0.616. The van der Waals surface area contributed by atoms with E-state index in [1.165, 1.54) is 12.2 Å². The highest BCUT2D eigenvalue weighted by Crippen LogP contribution is 2.24. The van der Waals surface area contributed by atoms with Gasteiger partial charge in [-0.2, -0.15) is 0 Å². The molecular formula is C11H17NO. The molecule has 2 nitrogen and oxygen atoms in total. The highest BCUT2D eigenvalue weighted by molar-refractivity contribution is 5.13. The van der Waals surface area contributed by atoms with Crippen molar-refractivity contribution in [1.29, 1.82) is 0 Å². The molecule has 1 atom stereocenters. The van der Waals surface area contributed by atoms with E-state index < -0.39 is 0 Å². The number of hydrogen-bond donors (Lipinski definition) is 1. The molecule has 1 aromatic rings. The van der Waals surface area contributed by atoms with Crippen LogP contribution < -0.4 is 5.32 Å². The van der Waals surface area contributed by atoms with Gasteiger partial charge < -0.3 is 9.73 Å². The molecule has 1 unspecified atom stereocenters. The van der Waals surface area contributed by atoms with Gasteiger partial charge in [-0.05, 0) is 31.5 Å². The molecule has 2 heterocycles. The molecule has 72 valence electrons. The predicted molar refractivity (Wildman–Crippen MR) is 52.9 cm³/mol. The van der Waals surface area contributed by atoms with E-state index in [0.29, 0.717) is 5.92 Å². The second-order valence-corrected chi connectivity index (χ2v) is 3.74. The molecule has 0 spiro atoms. The van der Waals surface area contributed by atoms with Crippen molar-refractivity contribution in [3.8, 4) is 0 Å². The van der Waals surface area contributed by atoms with E-state index in [2.05, 4.69) is 24.4 Å². The van der Waals surface area contributed by atoms with Crippen molar-refractivity contribution in [1.82, 2.24) is 5.32 Å². The quantitative estimate of drug-likeness (QED) is 0.770. The van der Waals surface area contributed by atoms with E-state index in [1.54, 1.807) is 0 Å². The molecule has 0 saturated carbocycles. The molecule has 0 radical (unpaired) electrons. The Morgan fingerprint density at radius 2 is 2.46 bits per heavy atom. The third-order valence-electron chi connectivity index (χ3n) is 2.64. The molecule has 0 aliphatic carbocycles. The van der Waals surface area contributed by atoms with E-state index in [4.69, 9.17) is 4.42 Å². The molecule has 0 bridgehead atoms. The molecule has 1 aliphatic rings. The molecule has 1 aliphatic heterocycles. The van der Waals surface area contributed by atoms with Crippen molar-refractivity contribution < 1.29 is 4.42 Å². The first-order chi connectivity index (χ1) is 6.40. The zero-order valence-corrected chi connectivity index (χ0v) is 8.18. The summed E-state index contributed by atoms with van der Waals surface area (Å²) in [4.78, 5) is 0. The van der Waals surface area contributed by atoms with Gasteiger partial charge >= 0.3 is 0 Å². The van der Waals surface area contributed by atoms with E-state index in [9.17, 15) is 0 Å². The fourth-order valence-electron chi connectivity index (χ4n) is 1.89. The lowest BCUT2D eigenvalue weighted by Gasteiger charge is -2.02. The largest absolute Gasteiger partial charge is 0.466 e. The lowest BCUT2D eigenvalue weighted by molar-refractivity contribution is 0.436. The van der Waals surface area contributed by atoms with Gasteiger partial charge in [-0.15, -0.1) is 0 Å². The summed E-state index contributed by atoms with van der Waals surface area (Å²) in [5.74, 6) is 2.93. The van der Waals surface area contributed by atoms with Crippen molar-refractivity contribution in [3.63, 3.8) is 0 Å². The monoisotopic (exact) mass is 179 g/mol. The zero-order chi connectivity index (χ0) is 9.10. The summed E-state index contributed by atoms with van der Waals surface area (Å²) in [7, 11) is 0. The Morgan fingerprint density at radius 3 is 3.15 bits per heavy atom. The number of aryl methyl sites for hydroxylation is 1.